The second-order valence-electron chi connectivity index (χ2n) is 8.30. The number of carbonyl (C=O) groups is 1. The summed E-state index contributed by atoms with van der Waals surface area (Å²) in [6.07, 6.45) is 8.74. The number of hydrogen-bond acceptors (Lipinski definition) is 6. The number of nitrogens with one attached hydrogen (secondary N) is 1. The van der Waals surface area contributed by atoms with Crippen molar-refractivity contribution >= 4 is 11.7 Å². The number of anilines is 1. The van der Waals surface area contributed by atoms with Gasteiger partial charge in [-0.1, -0.05) is 19.3 Å². The number of ether oxygens (including phenoxy) is 1. The molecule has 0 aromatic carbocycles. The summed E-state index contributed by atoms with van der Waals surface area (Å²) in [5, 5.41) is 7.92. The summed E-state index contributed by atoms with van der Waals surface area (Å²) < 4.78 is 7.30. The van der Waals surface area contributed by atoms with Crippen molar-refractivity contribution in [3.05, 3.63) is 29.3 Å². The van der Waals surface area contributed by atoms with E-state index < -0.39 is 0 Å². The van der Waals surface area contributed by atoms with Gasteiger partial charge in [-0.05, 0) is 38.7 Å². The predicted octanol–water partition coefficient (Wildman–Crippen LogP) is 2.50. The van der Waals surface area contributed by atoms with Gasteiger partial charge in [0.25, 0.3) is 0 Å². The van der Waals surface area contributed by atoms with E-state index in [0.717, 1.165) is 54.5 Å². The first-order chi connectivity index (χ1) is 14.6. The number of rotatable bonds is 6. The fourth-order valence-electron chi connectivity index (χ4n) is 4.46. The molecule has 1 saturated heterocycles. The summed E-state index contributed by atoms with van der Waals surface area (Å²) in [5.74, 6) is 1.79. The molecule has 0 spiro atoms. The molecule has 1 saturated carbocycles. The Labute approximate surface area is 178 Å². The standard InChI is InChI=1S/C22H32N6O2/c1-16-19(8-9-22(29)25-18-6-4-3-5-7-18)17(2)28(26-16)21-14-20(23-15-24-21)27-10-12-30-13-11-27/h14-15,18H,3-13H2,1-2H3,(H,25,29). The van der Waals surface area contributed by atoms with Gasteiger partial charge in [-0.3, -0.25) is 4.79 Å². The van der Waals surface area contributed by atoms with Gasteiger partial charge in [-0.25, -0.2) is 14.6 Å². The van der Waals surface area contributed by atoms with E-state index in [4.69, 9.17) is 9.84 Å². The molecule has 2 fully saturated rings. The number of aryl methyl sites for hydroxylation is 1. The van der Waals surface area contributed by atoms with Crippen LogP contribution >= 0.6 is 0 Å². The fourth-order valence-corrected chi connectivity index (χ4v) is 4.46. The van der Waals surface area contributed by atoms with Crippen LogP contribution in [0.4, 0.5) is 5.82 Å². The van der Waals surface area contributed by atoms with Crippen LogP contribution in [-0.4, -0.2) is 58.0 Å². The molecule has 30 heavy (non-hydrogen) atoms. The van der Waals surface area contributed by atoms with E-state index in [1.165, 1.54) is 19.3 Å². The zero-order valence-electron chi connectivity index (χ0n) is 18.1. The molecule has 4 rings (SSSR count). The van der Waals surface area contributed by atoms with Gasteiger partial charge in [0.15, 0.2) is 5.82 Å². The van der Waals surface area contributed by atoms with E-state index in [9.17, 15) is 4.79 Å². The Bertz CT molecular complexity index is 869. The molecular formula is C22H32N6O2. The van der Waals surface area contributed by atoms with Gasteiger partial charge >= 0.3 is 0 Å². The lowest BCUT2D eigenvalue weighted by Crippen LogP contribution is -2.36. The number of carbonyl (C=O) groups excluding carboxylic acids is 1. The van der Waals surface area contributed by atoms with E-state index in [1.54, 1.807) is 6.33 Å². The van der Waals surface area contributed by atoms with Crippen molar-refractivity contribution in [3.63, 3.8) is 0 Å². The third-order valence-electron chi connectivity index (χ3n) is 6.20. The van der Waals surface area contributed by atoms with Crippen LogP contribution < -0.4 is 10.2 Å². The number of morpholine rings is 1. The highest BCUT2D eigenvalue weighted by Gasteiger charge is 2.19. The Morgan fingerprint density at radius 3 is 2.63 bits per heavy atom. The van der Waals surface area contributed by atoms with Gasteiger partial charge in [0.1, 0.15) is 12.1 Å². The maximum absolute atomic E-state index is 12.4. The van der Waals surface area contributed by atoms with Crippen LogP contribution in [0.1, 0.15) is 55.5 Å². The molecule has 1 aliphatic carbocycles. The van der Waals surface area contributed by atoms with E-state index in [-0.39, 0.29) is 5.91 Å². The monoisotopic (exact) mass is 412 g/mol. The van der Waals surface area contributed by atoms with Gasteiger partial charge in [0.05, 0.1) is 18.9 Å². The minimum absolute atomic E-state index is 0.144. The molecule has 0 bridgehead atoms. The van der Waals surface area contributed by atoms with Crippen molar-refractivity contribution in [1.29, 1.82) is 0 Å². The minimum Gasteiger partial charge on any atom is -0.378 e. The first-order valence-electron chi connectivity index (χ1n) is 11.1. The zero-order chi connectivity index (χ0) is 20.9. The molecule has 1 aliphatic heterocycles. The highest BCUT2D eigenvalue weighted by molar-refractivity contribution is 5.76. The first kappa shape index (κ1) is 20.8. The number of nitrogens with zero attached hydrogens (tertiary/aromatic N) is 5. The first-order valence-corrected chi connectivity index (χ1v) is 11.1. The van der Waals surface area contributed by atoms with Crippen LogP contribution in [0.25, 0.3) is 5.82 Å². The van der Waals surface area contributed by atoms with Gasteiger partial charge in [-0.15, -0.1) is 0 Å². The van der Waals surface area contributed by atoms with Crippen LogP contribution in [-0.2, 0) is 16.0 Å². The Hall–Kier alpha value is -2.48. The predicted molar refractivity (Wildman–Crippen MR) is 115 cm³/mol. The lowest BCUT2D eigenvalue weighted by molar-refractivity contribution is -0.121. The van der Waals surface area contributed by atoms with Crippen molar-refractivity contribution in [2.24, 2.45) is 0 Å². The molecule has 2 aromatic rings. The topological polar surface area (TPSA) is 85.2 Å². The highest BCUT2D eigenvalue weighted by Crippen LogP contribution is 2.21. The maximum Gasteiger partial charge on any atom is 0.220 e. The van der Waals surface area contributed by atoms with Crippen LogP contribution in [0.15, 0.2) is 12.4 Å². The Kier molecular flexibility index (Phi) is 6.62. The zero-order valence-corrected chi connectivity index (χ0v) is 18.1. The summed E-state index contributed by atoms with van der Waals surface area (Å²) in [6.45, 7) is 7.13. The summed E-state index contributed by atoms with van der Waals surface area (Å²) in [5.41, 5.74) is 3.11. The fraction of sp³-hybridized carbons (Fsp3) is 0.636. The molecular weight excluding hydrogens is 380 g/mol. The molecule has 3 heterocycles. The average molecular weight is 413 g/mol. The van der Waals surface area contributed by atoms with Crippen LogP contribution in [0.2, 0.25) is 0 Å². The molecule has 1 N–H and O–H groups in total. The molecule has 8 nitrogen and oxygen atoms in total. The van der Waals surface area contributed by atoms with Gasteiger partial charge in [0, 0.05) is 37.3 Å². The van der Waals surface area contributed by atoms with Crippen molar-refractivity contribution in [1.82, 2.24) is 25.1 Å². The molecule has 0 unspecified atom stereocenters. The lowest BCUT2D eigenvalue weighted by Gasteiger charge is -2.27. The lowest BCUT2D eigenvalue weighted by atomic mass is 9.95. The normalized spacial score (nSPS) is 17.9. The third kappa shape index (κ3) is 4.80. The number of amides is 1. The summed E-state index contributed by atoms with van der Waals surface area (Å²) >= 11 is 0. The van der Waals surface area contributed by atoms with Crippen molar-refractivity contribution in [3.8, 4) is 5.82 Å². The van der Waals surface area contributed by atoms with Gasteiger partial charge in [-0.2, -0.15) is 5.10 Å². The van der Waals surface area contributed by atoms with Crippen molar-refractivity contribution in [2.75, 3.05) is 31.2 Å². The summed E-state index contributed by atoms with van der Waals surface area (Å²) in [4.78, 5) is 23.5. The molecule has 2 aliphatic rings. The molecule has 162 valence electrons. The largest absolute Gasteiger partial charge is 0.378 e. The van der Waals surface area contributed by atoms with Gasteiger partial charge < -0.3 is 15.0 Å². The second-order valence-corrected chi connectivity index (χ2v) is 8.30. The maximum atomic E-state index is 12.4. The number of aromatic nitrogens is 4. The Morgan fingerprint density at radius 2 is 1.87 bits per heavy atom. The van der Waals surface area contributed by atoms with E-state index in [1.807, 2.05) is 24.6 Å². The highest BCUT2D eigenvalue weighted by atomic mass is 16.5. The van der Waals surface area contributed by atoms with Crippen LogP contribution in [0.3, 0.4) is 0 Å². The molecule has 0 atom stereocenters. The molecule has 8 heteroatoms. The van der Waals surface area contributed by atoms with E-state index in [2.05, 4.69) is 20.2 Å². The van der Waals surface area contributed by atoms with Crippen molar-refractivity contribution in [2.45, 2.75) is 64.8 Å². The Morgan fingerprint density at radius 1 is 1.13 bits per heavy atom. The number of hydrogen-bond donors (Lipinski definition) is 1. The smallest absolute Gasteiger partial charge is 0.220 e. The molecule has 0 radical (unpaired) electrons. The van der Waals surface area contributed by atoms with Crippen molar-refractivity contribution < 1.29 is 9.53 Å². The Balaban J connectivity index is 1.43. The van der Waals surface area contributed by atoms with Gasteiger partial charge in [0.2, 0.25) is 5.91 Å². The van der Waals surface area contributed by atoms with Crippen LogP contribution in [0, 0.1) is 13.8 Å². The second kappa shape index (κ2) is 9.55. The quantitative estimate of drug-likeness (QED) is 0.785. The average Bonchev–Trinajstić information content (AvgIpc) is 3.07. The summed E-state index contributed by atoms with van der Waals surface area (Å²) in [6, 6.07) is 2.33. The third-order valence-corrected chi connectivity index (χ3v) is 6.20. The molecule has 2 aromatic heterocycles. The minimum atomic E-state index is 0.144. The summed E-state index contributed by atoms with van der Waals surface area (Å²) in [7, 11) is 0. The van der Waals surface area contributed by atoms with E-state index >= 15 is 0 Å². The SMILES string of the molecule is Cc1nn(-c2cc(N3CCOCC3)ncn2)c(C)c1CCC(=O)NC1CCCCC1. The molecule has 1 amide bonds. The van der Waals surface area contributed by atoms with E-state index in [0.29, 0.717) is 32.1 Å². The van der Waals surface area contributed by atoms with Crippen LogP contribution in [0.5, 0.6) is 0 Å².